The maximum Gasteiger partial charge on any atom is 0.573 e. The largest absolute Gasteiger partial charge is 0.573 e. The van der Waals surface area contributed by atoms with Crippen molar-refractivity contribution in [3.8, 4) is 5.75 Å². The number of aliphatic imine (C=N–C) groups is 1. The Labute approximate surface area is 193 Å². The third-order valence-corrected chi connectivity index (χ3v) is 6.33. The van der Waals surface area contributed by atoms with Crippen molar-refractivity contribution in [2.24, 2.45) is 10.7 Å². The number of benzene rings is 1. The molecule has 0 bridgehead atoms. The molecule has 0 spiro atoms. The van der Waals surface area contributed by atoms with Crippen molar-refractivity contribution >= 4 is 34.3 Å². The van der Waals surface area contributed by atoms with Crippen molar-refractivity contribution in [1.29, 1.82) is 0 Å². The summed E-state index contributed by atoms with van der Waals surface area (Å²) in [6.45, 7) is 3.81. The van der Waals surface area contributed by atoms with Gasteiger partial charge in [-0.3, -0.25) is 9.79 Å². The Hall–Kier alpha value is -2.99. The Balaban J connectivity index is 1.48. The predicted molar refractivity (Wildman–Crippen MR) is 122 cm³/mol. The summed E-state index contributed by atoms with van der Waals surface area (Å²) in [6.07, 6.45) is -3.09. The van der Waals surface area contributed by atoms with E-state index in [9.17, 15) is 18.0 Å². The zero-order valence-corrected chi connectivity index (χ0v) is 18.6. The maximum absolute atomic E-state index is 12.8. The number of primary amides is 1. The van der Waals surface area contributed by atoms with Crippen LogP contribution >= 0.6 is 11.8 Å². The molecular weight excluding hydrogens is 457 g/mol. The van der Waals surface area contributed by atoms with Crippen LogP contribution in [0.1, 0.15) is 22.0 Å². The molecule has 2 aliphatic heterocycles. The summed E-state index contributed by atoms with van der Waals surface area (Å²) < 4.78 is 42.4. The first-order valence-electron chi connectivity index (χ1n) is 10.2. The lowest BCUT2D eigenvalue weighted by atomic mass is 10.1. The number of alkyl halides is 3. The molecule has 1 atom stereocenters. The van der Waals surface area contributed by atoms with Gasteiger partial charge in [0.05, 0.1) is 11.7 Å². The number of nitrogens with two attached hydrogens (primary N) is 1. The molecule has 4 rings (SSSR count). The molecule has 1 aromatic heterocycles. The molecule has 1 amide bonds. The summed E-state index contributed by atoms with van der Waals surface area (Å²) in [4.78, 5) is 25.1. The van der Waals surface area contributed by atoms with Crippen LogP contribution in [0, 0.1) is 0 Å². The number of hydrogen-bond donors (Lipinski definition) is 2. The summed E-state index contributed by atoms with van der Waals surface area (Å²) in [7, 11) is 2.09. The lowest BCUT2D eigenvalue weighted by Gasteiger charge is -2.33. The lowest BCUT2D eigenvalue weighted by molar-refractivity contribution is -0.274. The zero-order chi connectivity index (χ0) is 23.6. The molecule has 8 nitrogen and oxygen atoms in total. The third kappa shape index (κ3) is 5.88. The number of aromatic nitrogens is 1. The molecular formula is C21H23F3N6O2S. The number of pyridine rings is 1. The molecule has 1 saturated heterocycles. The second kappa shape index (κ2) is 9.48. The molecule has 3 N–H and O–H groups in total. The highest BCUT2D eigenvalue weighted by Gasteiger charge is 2.33. The van der Waals surface area contributed by atoms with Crippen LogP contribution in [-0.4, -0.2) is 66.3 Å². The van der Waals surface area contributed by atoms with Gasteiger partial charge in [0.2, 0.25) is 5.91 Å². The summed E-state index contributed by atoms with van der Waals surface area (Å²) in [5, 5.41) is 3.25. The van der Waals surface area contributed by atoms with Gasteiger partial charge in [0.1, 0.15) is 5.82 Å². The molecule has 2 aromatic rings. The first-order chi connectivity index (χ1) is 15.7. The first-order valence-corrected chi connectivity index (χ1v) is 11.2. The molecule has 0 radical (unpaired) electrons. The number of likely N-dealkylation sites (N-methyl/N-ethyl adjacent to an activating group) is 1. The Kier molecular flexibility index (Phi) is 6.66. The average Bonchev–Trinajstić information content (AvgIpc) is 3.23. The number of piperazine rings is 1. The first kappa shape index (κ1) is 23.2. The number of halogens is 3. The van der Waals surface area contributed by atoms with Crippen molar-refractivity contribution in [1.82, 2.24) is 9.88 Å². The predicted octanol–water partition coefficient (Wildman–Crippen LogP) is 3.09. The minimum Gasteiger partial charge on any atom is -0.404 e. The number of thioether (sulfide) groups is 1. The van der Waals surface area contributed by atoms with Gasteiger partial charge in [-0.2, -0.15) is 0 Å². The Morgan fingerprint density at radius 1 is 1.21 bits per heavy atom. The van der Waals surface area contributed by atoms with Gasteiger partial charge in [-0.25, -0.2) is 4.98 Å². The second-order valence-corrected chi connectivity index (χ2v) is 8.76. The minimum atomic E-state index is -4.88. The molecule has 12 heteroatoms. The van der Waals surface area contributed by atoms with Crippen LogP contribution in [0.3, 0.4) is 0 Å². The summed E-state index contributed by atoms with van der Waals surface area (Å²) >= 11 is 1.36. The van der Waals surface area contributed by atoms with Crippen LogP contribution in [0.15, 0.2) is 41.5 Å². The number of rotatable bonds is 5. The normalized spacial score (nSPS) is 19.3. The third-order valence-electron chi connectivity index (χ3n) is 5.37. The lowest BCUT2D eigenvalue weighted by Crippen LogP contribution is -2.44. The minimum absolute atomic E-state index is 0.0425. The molecule has 1 fully saturated rings. The molecule has 176 valence electrons. The fraction of sp³-hybridized carbons (Fsp3) is 0.381. The monoisotopic (exact) mass is 480 g/mol. The molecule has 3 heterocycles. The standard InChI is InChI=1S/C21H23F3N6O2S/c1-29-6-8-30(9-7-29)18-5-3-14(11-26-18)16-12-33-20(28-16)27-15-10-13(19(25)31)2-4-17(15)32-21(22,23)24/h2-5,10-11,16H,6-9,12H2,1H3,(H2,25,31)(H,27,28). The van der Waals surface area contributed by atoms with Crippen LogP contribution in [0.4, 0.5) is 24.7 Å². The molecule has 33 heavy (non-hydrogen) atoms. The van der Waals surface area contributed by atoms with Gasteiger partial charge in [-0.15, -0.1) is 13.2 Å². The van der Waals surface area contributed by atoms with E-state index in [2.05, 4.69) is 36.9 Å². The van der Waals surface area contributed by atoms with Gasteiger partial charge in [-0.1, -0.05) is 17.8 Å². The van der Waals surface area contributed by atoms with E-state index in [1.807, 2.05) is 12.1 Å². The fourth-order valence-corrected chi connectivity index (χ4v) is 4.51. The van der Waals surface area contributed by atoms with Crippen LogP contribution in [0.2, 0.25) is 0 Å². The van der Waals surface area contributed by atoms with E-state index in [1.54, 1.807) is 6.20 Å². The van der Waals surface area contributed by atoms with Gasteiger partial charge >= 0.3 is 6.36 Å². The molecule has 0 aliphatic carbocycles. The highest BCUT2D eigenvalue weighted by molar-refractivity contribution is 8.14. The van der Waals surface area contributed by atoms with E-state index >= 15 is 0 Å². The van der Waals surface area contributed by atoms with E-state index in [4.69, 9.17) is 5.73 Å². The quantitative estimate of drug-likeness (QED) is 0.679. The van der Waals surface area contributed by atoms with Crippen LogP contribution in [0.25, 0.3) is 0 Å². The SMILES string of the molecule is CN1CCN(c2ccc(C3CSC(Nc4cc(C(N)=O)ccc4OC(F)(F)F)=N3)cn2)CC1. The van der Waals surface area contributed by atoms with Crippen molar-refractivity contribution in [2.45, 2.75) is 12.4 Å². The number of nitrogens with one attached hydrogen (secondary N) is 1. The number of anilines is 2. The van der Waals surface area contributed by atoms with Gasteiger partial charge < -0.3 is 25.6 Å². The van der Waals surface area contributed by atoms with Crippen molar-refractivity contribution in [3.63, 3.8) is 0 Å². The van der Waals surface area contributed by atoms with E-state index in [1.165, 1.54) is 23.9 Å². The smallest absolute Gasteiger partial charge is 0.404 e. The number of amidine groups is 1. The Morgan fingerprint density at radius 3 is 2.61 bits per heavy atom. The summed E-state index contributed by atoms with van der Waals surface area (Å²) in [5.74, 6) is 0.277. The van der Waals surface area contributed by atoms with Crippen molar-refractivity contribution < 1.29 is 22.7 Å². The van der Waals surface area contributed by atoms with E-state index in [0.717, 1.165) is 43.6 Å². The Bertz CT molecular complexity index is 1040. The van der Waals surface area contributed by atoms with Crippen LogP contribution < -0.4 is 20.7 Å². The number of carbonyl (C=O) groups is 1. The number of amides is 1. The number of ether oxygens (including phenoxy) is 1. The molecule has 2 aliphatic rings. The van der Waals surface area contributed by atoms with E-state index in [0.29, 0.717) is 10.9 Å². The van der Waals surface area contributed by atoms with Crippen LogP contribution in [0.5, 0.6) is 5.75 Å². The maximum atomic E-state index is 12.8. The van der Waals surface area contributed by atoms with E-state index < -0.39 is 18.0 Å². The summed E-state index contributed by atoms with van der Waals surface area (Å²) in [5.41, 5.74) is 6.18. The van der Waals surface area contributed by atoms with Gasteiger partial charge in [0.15, 0.2) is 10.9 Å². The van der Waals surface area contributed by atoms with Gasteiger partial charge in [0, 0.05) is 43.7 Å². The average molecular weight is 481 g/mol. The Morgan fingerprint density at radius 2 is 1.97 bits per heavy atom. The highest BCUT2D eigenvalue weighted by atomic mass is 32.2. The van der Waals surface area contributed by atoms with Crippen LogP contribution in [-0.2, 0) is 0 Å². The molecule has 1 aromatic carbocycles. The summed E-state index contributed by atoms with van der Waals surface area (Å²) in [6, 6.07) is 7.19. The van der Waals surface area contributed by atoms with Gasteiger partial charge in [0.25, 0.3) is 0 Å². The highest BCUT2D eigenvalue weighted by Crippen LogP contribution is 2.35. The number of hydrogen-bond acceptors (Lipinski definition) is 8. The number of carbonyl (C=O) groups excluding carboxylic acids is 1. The van der Waals surface area contributed by atoms with E-state index in [-0.39, 0.29) is 17.3 Å². The number of nitrogens with zero attached hydrogens (tertiary/aromatic N) is 4. The van der Waals surface area contributed by atoms with Crippen molar-refractivity contribution in [2.75, 3.05) is 49.2 Å². The zero-order valence-electron chi connectivity index (χ0n) is 17.8. The second-order valence-electron chi connectivity index (χ2n) is 7.75. The molecule has 1 unspecified atom stereocenters. The topological polar surface area (TPSA) is 96.1 Å². The molecule has 0 saturated carbocycles. The van der Waals surface area contributed by atoms with Gasteiger partial charge in [-0.05, 0) is 36.9 Å². The van der Waals surface area contributed by atoms with Crippen molar-refractivity contribution in [3.05, 3.63) is 47.7 Å². The fourth-order valence-electron chi connectivity index (χ4n) is 3.54.